The van der Waals surface area contributed by atoms with Crippen molar-refractivity contribution in [3.05, 3.63) is 70.9 Å². The lowest BCUT2D eigenvalue weighted by Crippen LogP contribution is -2.48. The number of hydrogen-bond acceptors (Lipinski definition) is 5. The van der Waals surface area contributed by atoms with Gasteiger partial charge in [-0.3, -0.25) is 9.78 Å². The van der Waals surface area contributed by atoms with Crippen molar-refractivity contribution in [2.24, 2.45) is 0 Å². The van der Waals surface area contributed by atoms with E-state index >= 15 is 0 Å². The number of thiazole rings is 1. The Kier molecular flexibility index (Phi) is 8.59. The summed E-state index contributed by atoms with van der Waals surface area (Å²) >= 11 is 1.41. The van der Waals surface area contributed by atoms with E-state index in [9.17, 15) is 4.79 Å². The van der Waals surface area contributed by atoms with Gasteiger partial charge in [0.05, 0.1) is 17.9 Å². The molecule has 0 aliphatic carbocycles. The quantitative estimate of drug-likeness (QED) is 0.639. The van der Waals surface area contributed by atoms with Crippen LogP contribution >= 0.6 is 36.2 Å². The van der Waals surface area contributed by atoms with Crippen molar-refractivity contribution in [1.82, 2.24) is 20.2 Å². The Morgan fingerprint density at radius 3 is 2.66 bits per heavy atom. The molecule has 2 aromatic heterocycles. The summed E-state index contributed by atoms with van der Waals surface area (Å²) in [6.07, 6.45) is 4.43. The molecule has 3 aromatic rings. The van der Waals surface area contributed by atoms with E-state index in [2.05, 4.69) is 46.5 Å². The molecular weight excluding hydrogens is 427 g/mol. The standard InChI is InChI=1S/C21H22N4OS.2ClH/c1-2-15-6-8-16(9-7-15)18-13-22-11-12-25(18)21(26)19-14-24-20(27-19)17-5-3-4-10-23-17;;/h3-10,14,18,22H,2,11-13H2,1H3;2*1H. The van der Waals surface area contributed by atoms with Crippen LogP contribution in [0.25, 0.3) is 10.7 Å². The molecule has 29 heavy (non-hydrogen) atoms. The van der Waals surface area contributed by atoms with Gasteiger partial charge in [0.15, 0.2) is 0 Å². The number of nitrogens with zero attached hydrogens (tertiary/aromatic N) is 3. The van der Waals surface area contributed by atoms with Crippen molar-refractivity contribution in [2.45, 2.75) is 19.4 Å². The fraction of sp³-hybridized carbons (Fsp3) is 0.286. The first kappa shape index (κ1) is 23.3. The maximum Gasteiger partial charge on any atom is 0.266 e. The topological polar surface area (TPSA) is 58.1 Å². The van der Waals surface area contributed by atoms with Crippen LogP contribution in [0.4, 0.5) is 0 Å². The highest BCUT2D eigenvalue weighted by Crippen LogP contribution is 2.29. The Morgan fingerprint density at radius 1 is 1.17 bits per heavy atom. The van der Waals surface area contributed by atoms with Crippen LogP contribution in [-0.4, -0.2) is 40.4 Å². The molecule has 4 rings (SSSR count). The molecule has 154 valence electrons. The van der Waals surface area contributed by atoms with E-state index in [4.69, 9.17) is 0 Å². The molecule has 1 N–H and O–H groups in total. The summed E-state index contributed by atoms with van der Waals surface area (Å²) in [6, 6.07) is 14.3. The molecule has 1 unspecified atom stereocenters. The van der Waals surface area contributed by atoms with Crippen molar-refractivity contribution in [3.63, 3.8) is 0 Å². The van der Waals surface area contributed by atoms with E-state index in [1.165, 1.54) is 22.5 Å². The van der Waals surface area contributed by atoms with Crippen LogP contribution in [0.5, 0.6) is 0 Å². The molecule has 8 heteroatoms. The molecule has 1 atom stereocenters. The van der Waals surface area contributed by atoms with Crippen molar-refractivity contribution < 1.29 is 4.79 Å². The number of halogens is 2. The van der Waals surface area contributed by atoms with Crippen LogP contribution in [0.15, 0.2) is 54.9 Å². The number of rotatable bonds is 4. The predicted octanol–water partition coefficient (Wildman–Crippen LogP) is 4.40. The van der Waals surface area contributed by atoms with E-state index in [-0.39, 0.29) is 36.8 Å². The van der Waals surface area contributed by atoms with Gasteiger partial charge >= 0.3 is 0 Å². The number of aryl methyl sites for hydroxylation is 1. The van der Waals surface area contributed by atoms with Gasteiger partial charge in [-0.15, -0.1) is 36.2 Å². The predicted molar refractivity (Wildman–Crippen MR) is 122 cm³/mol. The molecule has 0 saturated carbocycles. The molecule has 1 aliphatic heterocycles. The Bertz CT molecular complexity index is 918. The highest BCUT2D eigenvalue weighted by atomic mass is 35.5. The van der Waals surface area contributed by atoms with Crippen molar-refractivity contribution in [2.75, 3.05) is 19.6 Å². The zero-order valence-electron chi connectivity index (χ0n) is 16.1. The van der Waals surface area contributed by atoms with Crippen molar-refractivity contribution >= 4 is 42.1 Å². The Balaban J connectivity index is 0.00000150. The third-order valence-corrected chi connectivity index (χ3v) is 5.89. The molecular formula is C21H24Cl2N4OS. The average molecular weight is 451 g/mol. The highest BCUT2D eigenvalue weighted by molar-refractivity contribution is 7.16. The first-order chi connectivity index (χ1) is 13.3. The third kappa shape index (κ3) is 5.14. The molecule has 1 aromatic carbocycles. The number of piperazine rings is 1. The lowest BCUT2D eigenvalue weighted by Gasteiger charge is -2.36. The molecule has 0 spiro atoms. The summed E-state index contributed by atoms with van der Waals surface area (Å²) < 4.78 is 0. The van der Waals surface area contributed by atoms with Crippen molar-refractivity contribution in [1.29, 1.82) is 0 Å². The number of carbonyl (C=O) groups is 1. The average Bonchev–Trinajstić information content (AvgIpc) is 3.24. The zero-order valence-corrected chi connectivity index (χ0v) is 18.5. The summed E-state index contributed by atoms with van der Waals surface area (Å²) in [7, 11) is 0. The largest absolute Gasteiger partial charge is 0.328 e. The van der Waals surface area contributed by atoms with E-state index < -0.39 is 0 Å². The number of amides is 1. The monoisotopic (exact) mass is 450 g/mol. The van der Waals surface area contributed by atoms with Gasteiger partial charge in [-0.1, -0.05) is 37.3 Å². The minimum Gasteiger partial charge on any atom is -0.328 e. The minimum absolute atomic E-state index is 0. The molecule has 5 nitrogen and oxygen atoms in total. The minimum atomic E-state index is 0. The second kappa shape index (κ2) is 10.7. The first-order valence-electron chi connectivity index (χ1n) is 9.24. The molecule has 1 aliphatic rings. The molecule has 0 radical (unpaired) electrons. The van der Waals surface area contributed by atoms with Crippen LogP contribution in [-0.2, 0) is 6.42 Å². The maximum absolute atomic E-state index is 13.2. The van der Waals surface area contributed by atoms with Crippen LogP contribution in [0, 0.1) is 0 Å². The molecule has 1 fully saturated rings. The number of carbonyl (C=O) groups excluding carboxylic acids is 1. The smallest absolute Gasteiger partial charge is 0.266 e. The second-order valence-electron chi connectivity index (χ2n) is 6.56. The first-order valence-corrected chi connectivity index (χ1v) is 10.1. The van der Waals surface area contributed by atoms with Gasteiger partial charge in [0.1, 0.15) is 9.88 Å². The Labute approximate surface area is 187 Å². The number of benzene rings is 1. The molecule has 0 bridgehead atoms. The van der Waals surface area contributed by atoms with E-state index in [1.807, 2.05) is 23.1 Å². The molecule has 3 heterocycles. The van der Waals surface area contributed by atoms with Gasteiger partial charge in [0, 0.05) is 25.8 Å². The summed E-state index contributed by atoms with van der Waals surface area (Å²) in [5, 5.41) is 4.19. The van der Waals surface area contributed by atoms with Gasteiger partial charge in [0.2, 0.25) is 0 Å². The van der Waals surface area contributed by atoms with Crippen LogP contribution in [0.1, 0.15) is 33.8 Å². The lowest BCUT2D eigenvalue weighted by atomic mass is 10.0. The van der Waals surface area contributed by atoms with Crippen molar-refractivity contribution in [3.8, 4) is 10.7 Å². The number of pyridine rings is 1. The van der Waals surface area contributed by atoms with E-state index in [1.54, 1.807) is 12.4 Å². The van der Waals surface area contributed by atoms with Crippen LogP contribution < -0.4 is 5.32 Å². The molecule has 1 amide bonds. The number of hydrogen-bond donors (Lipinski definition) is 1. The summed E-state index contributed by atoms with van der Waals surface area (Å²) in [5.74, 6) is 0.0424. The van der Waals surface area contributed by atoms with Gasteiger partial charge in [-0.25, -0.2) is 4.98 Å². The Hall–Kier alpha value is -1.99. The van der Waals surface area contributed by atoms with Gasteiger partial charge in [0.25, 0.3) is 5.91 Å². The Morgan fingerprint density at radius 2 is 1.97 bits per heavy atom. The SMILES string of the molecule is CCc1ccc(C2CNCCN2C(=O)c2cnc(-c3ccccn3)s2)cc1.Cl.Cl. The normalized spacial score (nSPS) is 15.9. The van der Waals surface area contributed by atoms with Crippen LogP contribution in [0.2, 0.25) is 0 Å². The zero-order chi connectivity index (χ0) is 18.6. The second-order valence-corrected chi connectivity index (χ2v) is 7.59. The van der Waals surface area contributed by atoms with Crippen LogP contribution in [0.3, 0.4) is 0 Å². The fourth-order valence-corrected chi connectivity index (χ4v) is 4.19. The number of nitrogens with one attached hydrogen (secondary N) is 1. The van der Waals surface area contributed by atoms with Gasteiger partial charge < -0.3 is 10.2 Å². The van der Waals surface area contributed by atoms with Gasteiger partial charge in [-0.05, 0) is 29.7 Å². The molecule has 1 saturated heterocycles. The summed E-state index contributed by atoms with van der Waals surface area (Å²) in [4.78, 5) is 24.6. The van der Waals surface area contributed by atoms with Gasteiger partial charge in [-0.2, -0.15) is 0 Å². The summed E-state index contributed by atoms with van der Waals surface area (Å²) in [5.41, 5.74) is 3.28. The van der Waals surface area contributed by atoms with E-state index in [0.717, 1.165) is 30.2 Å². The number of aromatic nitrogens is 2. The maximum atomic E-state index is 13.2. The van der Waals surface area contributed by atoms with E-state index in [0.29, 0.717) is 11.4 Å². The lowest BCUT2D eigenvalue weighted by molar-refractivity contribution is 0.0639. The fourth-order valence-electron chi connectivity index (χ4n) is 3.34. The third-order valence-electron chi connectivity index (χ3n) is 4.88. The summed E-state index contributed by atoms with van der Waals surface area (Å²) in [6.45, 7) is 4.41. The highest BCUT2D eigenvalue weighted by Gasteiger charge is 2.29.